The van der Waals surface area contributed by atoms with Gasteiger partial charge >= 0.3 is 5.97 Å². The Hall–Kier alpha value is -1.84. The van der Waals surface area contributed by atoms with Crippen molar-refractivity contribution in [2.24, 2.45) is 0 Å². The van der Waals surface area contributed by atoms with E-state index < -0.39 is 5.97 Å². The fourth-order valence-corrected chi connectivity index (χ4v) is 2.31. The quantitative estimate of drug-likeness (QED) is 0.839. The molecule has 0 atom stereocenters. The molecule has 0 spiro atoms. The topological polar surface area (TPSA) is 57.6 Å². The van der Waals surface area contributed by atoms with Crippen LogP contribution in [0.3, 0.4) is 0 Å². The molecule has 1 aromatic rings. The van der Waals surface area contributed by atoms with Gasteiger partial charge in [-0.2, -0.15) is 0 Å². The number of carbonyl (C=O) groups excluding carboxylic acids is 1. The maximum atomic E-state index is 12.2. The fraction of sp³-hybridized carbons (Fsp3) is 0.385. The van der Waals surface area contributed by atoms with Crippen LogP contribution in [0, 0.1) is 13.8 Å². The first kappa shape index (κ1) is 11.6. The number of amides is 1. The molecular weight excluding hydrogens is 218 g/mol. The second kappa shape index (κ2) is 4.20. The molecule has 0 fully saturated rings. The van der Waals surface area contributed by atoms with E-state index in [4.69, 9.17) is 5.11 Å². The lowest BCUT2D eigenvalue weighted by Crippen LogP contribution is -2.41. The molecule has 1 aromatic carbocycles. The Labute approximate surface area is 99.9 Å². The summed E-state index contributed by atoms with van der Waals surface area (Å²) in [4.78, 5) is 24.3. The van der Waals surface area contributed by atoms with Crippen molar-refractivity contribution in [3.05, 3.63) is 34.4 Å². The smallest absolute Gasteiger partial charge is 0.323 e. The zero-order valence-corrected chi connectivity index (χ0v) is 9.99. The fourth-order valence-electron chi connectivity index (χ4n) is 2.31. The maximum Gasteiger partial charge on any atom is 0.323 e. The molecule has 0 unspecified atom stereocenters. The van der Waals surface area contributed by atoms with E-state index in [-0.39, 0.29) is 12.5 Å². The highest BCUT2D eigenvalue weighted by Gasteiger charge is 2.27. The normalized spacial score (nSPS) is 14.7. The van der Waals surface area contributed by atoms with E-state index in [9.17, 15) is 9.59 Å². The van der Waals surface area contributed by atoms with Crippen LogP contribution in [0.4, 0.5) is 0 Å². The SMILES string of the molecule is Cc1ccc(C)c2c1CCN(CC(=O)O)C2=O. The summed E-state index contributed by atoms with van der Waals surface area (Å²) in [5, 5.41) is 8.76. The predicted molar refractivity (Wildman–Crippen MR) is 63.2 cm³/mol. The Morgan fingerprint density at radius 2 is 2.00 bits per heavy atom. The first-order valence-electron chi connectivity index (χ1n) is 5.61. The zero-order chi connectivity index (χ0) is 12.6. The van der Waals surface area contributed by atoms with Crippen LogP contribution in [0.15, 0.2) is 12.1 Å². The molecule has 0 radical (unpaired) electrons. The van der Waals surface area contributed by atoms with Gasteiger partial charge in [-0.15, -0.1) is 0 Å². The summed E-state index contributed by atoms with van der Waals surface area (Å²) < 4.78 is 0. The number of hydrogen-bond donors (Lipinski definition) is 1. The number of rotatable bonds is 2. The molecule has 90 valence electrons. The Balaban J connectivity index is 2.41. The van der Waals surface area contributed by atoms with E-state index in [0.717, 1.165) is 23.1 Å². The van der Waals surface area contributed by atoms with E-state index in [1.54, 1.807) is 0 Å². The molecule has 4 heteroatoms. The van der Waals surface area contributed by atoms with E-state index >= 15 is 0 Å². The van der Waals surface area contributed by atoms with Gasteiger partial charge in [0, 0.05) is 12.1 Å². The number of hydrogen-bond acceptors (Lipinski definition) is 2. The van der Waals surface area contributed by atoms with Crippen molar-refractivity contribution in [1.82, 2.24) is 4.90 Å². The average molecular weight is 233 g/mol. The maximum absolute atomic E-state index is 12.2. The van der Waals surface area contributed by atoms with Gasteiger partial charge in [-0.3, -0.25) is 9.59 Å². The van der Waals surface area contributed by atoms with Crippen LogP contribution in [-0.2, 0) is 11.2 Å². The van der Waals surface area contributed by atoms with Crippen molar-refractivity contribution >= 4 is 11.9 Å². The van der Waals surface area contributed by atoms with Crippen molar-refractivity contribution in [3.63, 3.8) is 0 Å². The lowest BCUT2D eigenvalue weighted by atomic mass is 9.91. The number of aliphatic carboxylic acids is 1. The van der Waals surface area contributed by atoms with Gasteiger partial charge in [-0.25, -0.2) is 0 Å². The summed E-state index contributed by atoms with van der Waals surface area (Å²) in [6, 6.07) is 3.92. The molecule has 0 saturated carbocycles. The predicted octanol–water partition coefficient (Wildman–Crippen LogP) is 1.39. The summed E-state index contributed by atoms with van der Waals surface area (Å²) in [5.41, 5.74) is 3.79. The van der Waals surface area contributed by atoms with Crippen LogP contribution in [0.5, 0.6) is 0 Å². The van der Waals surface area contributed by atoms with Crippen molar-refractivity contribution in [2.75, 3.05) is 13.1 Å². The molecular formula is C13H15NO3. The summed E-state index contributed by atoms with van der Waals surface area (Å²) in [6.07, 6.45) is 0.738. The third kappa shape index (κ3) is 2.02. The number of benzene rings is 1. The van der Waals surface area contributed by atoms with Crippen LogP contribution in [0.2, 0.25) is 0 Å². The molecule has 0 bridgehead atoms. The van der Waals surface area contributed by atoms with Crippen LogP contribution in [-0.4, -0.2) is 35.0 Å². The number of carboxylic acid groups (broad SMARTS) is 1. The van der Waals surface area contributed by atoms with Crippen LogP contribution < -0.4 is 0 Å². The summed E-state index contributed by atoms with van der Waals surface area (Å²) in [7, 11) is 0. The largest absolute Gasteiger partial charge is 0.480 e. The van der Waals surface area contributed by atoms with Crippen molar-refractivity contribution in [1.29, 1.82) is 0 Å². The van der Waals surface area contributed by atoms with Gasteiger partial charge in [0.05, 0.1) is 0 Å². The first-order chi connectivity index (χ1) is 8.00. The number of carbonyl (C=O) groups is 2. The number of nitrogens with zero attached hydrogens (tertiary/aromatic N) is 1. The minimum Gasteiger partial charge on any atom is -0.480 e. The lowest BCUT2D eigenvalue weighted by molar-refractivity contribution is -0.137. The van der Waals surface area contributed by atoms with Crippen molar-refractivity contribution in [2.45, 2.75) is 20.3 Å². The van der Waals surface area contributed by atoms with Gasteiger partial charge in [0.2, 0.25) is 0 Å². The van der Waals surface area contributed by atoms with Gasteiger partial charge < -0.3 is 10.0 Å². The number of carboxylic acids is 1. The van der Waals surface area contributed by atoms with Crippen molar-refractivity contribution < 1.29 is 14.7 Å². The molecule has 2 rings (SSSR count). The molecule has 0 saturated heterocycles. The van der Waals surface area contributed by atoms with E-state index in [0.29, 0.717) is 12.1 Å². The standard InChI is InChI=1S/C13H15NO3/c1-8-3-4-9(2)12-10(8)5-6-14(13(12)17)7-11(15)16/h3-4H,5-7H2,1-2H3,(H,15,16). The van der Waals surface area contributed by atoms with Crippen LogP contribution in [0.1, 0.15) is 27.0 Å². The lowest BCUT2D eigenvalue weighted by Gasteiger charge is -2.29. The van der Waals surface area contributed by atoms with Crippen molar-refractivity contribution in [3.8, 4) is 0 Å². The Bertz CT molecular complexity index is 494. The monoisotopic (exact) mass is 233 g/mol. The summed E-state index contributed by atoms with van der Waals surface area (Å²) in [6.45, 7) is 4.15. The summed E-state index contributed by atoms with van der Waals surface area (Å²) in [5.74, 6) is -1.12. The highest BCUT2D eigenvalue weighted by molar-refractivity contribution is 5.99. The Morgan fingerprint density at radius 1 is 1.35 bits per heavy atom. The molecule has 1 N–H and O–H groups in total. The van der Waals surface area contributed by atoms with Gasteiger partial charge in [-0.05, 0) is 37.0 Å². The molecule has 1 amide bonds. The molecule has 4 nitrogen and oxygen atoms in total. The highest BCUT2D eigenvalue weighted by Crippen LogP contribution is 2.25. The van der Waals surface area contributed by atoms with E-state index in [1.165, 1.54) is 4.90 Å². The number of aryl methyl sites for hydroxylation is 2. The summed E-state index contributed by atoms with van der Waals surface area (Å²) >= 11 is 0. The number of fused-ring (bicyclic) bond motifs is 1. The Kier molecular flexibility index (Phi) is 2.88. The minimum absolute atomic E-state index is 0.158. The van der Waals surface area contributed by atoms with E-state index in [1.807, 2.05) is 26.0 Å². The van der Waals surface area contributed by atoms with E-state index in [2.05, 4.69) is 0 Å². The minimum atomic E-state index is -0.966. The Morgan fingerprint density at radius 3 is 2.65 bits per heavy atom. The van der Waals surface area contributed by atoms with Crippen LogP contribution >= 0.6 is 0 Å². The molecule has 1 aliphatic heterocycles. The second-order valence-electron chi connectivity index (χ2n) is 4.42. The third-order valence-electron chi connectivity index (χ3n) is 3.21. The van der Waals surface area contributed by atoms with Gasteiger partial charge in [0.1, 0.15) is 6.54 Å². The molecule has 1 aliphatic rings. The molecule has 1 heterocycles. The second-order valence-corrected chi connectivity index (χ2v) is 4.42. The van der Waals surface area contributed by atoms with Gasteiger partial charge in [0.15, 0.2) is 0 Å². The highest BCUT2D eigenvalue weighted by atomic mass is 16.4. The first-order valence-corrected chi connectivity index (χ1v) is 5.61. The van der Waals surface area contributed by atoms with Gasteiger partial charge in [0.25, 0.3) is 5.91 Å². The molecule has 17 heavy (non-hydrogen) atoms. The zero-order valence-electron chi connectivity index (χ0n) is 9.99. The average Bonchev–Trinajstić information content (AvgIpc) is 2.26. The molecule has 0 aliphatic carbocycles. The van der Waals surface area contributed by atoms with Crippen LogP contribution in [0.25, 0.3) is 0 Å². The van der Waals surface area contributed by atoms with Gasteiger partial charge in [-0.1, -0.05) is 12.1 Å². The third-order valence-corrected chi connectivity index (χ3v) is 3.21. The molecule has 0 aromatic heterocycles.